The molecular formula is C22H28O5. The van der Waals surface area contributed by atoms with Crippen LogP contribution in [-0.2, 0) is 14.3 Å². The van der Waals surface area contributed by atoms with Gasteiger partial charge in [-0.15, -0.1) is 0 Å². The Hall–Kier alpha value is -1.46. The number of aliphatic hydroxyl groups is 1. The Morgan fingerprint density at radius 2 is 2.11 bits per heavy atom. The first-order valence-electron chi connectivity index (χ1n) is 10.2. The van der Waals surface area contributed by atoms with Gasteiger partial charge in [-0.3, -0.25) is 9.59 Å². The molecule has 27 heavy (non-hydrogen) atoms. The fraction of sp³-hybridized carbons (Fsp3) is 0.727. The molecule has 2 unspecified atom stereocenters. The van der Waals surface area contributed by atoms with E-state index in [0.717, 1.165) is 24.8 Å². The summed E-state index contributed by atoms with van der Waals surface area (Å²) < 4.78 is 6.47. The van der Waals surface area contributed by atoms with Gasteiger partial charge in [0, 0.05) is 29.6 Å². The van der Waals surface area contributed by atoms with E-state index in [9.17, 15) is 14.7 Å². The Kier molecular flexibility index (Phi) is 3.34. The summed E-state index contributed by atoms with van der Waals surface area (Å²) in [6.07, 6.45) is 10.2. The first-order chi connectivity index (χ1) is 12.7. The lowest BCUT2D eigenvalue weighted by Crippen LogP contribution is -2.58. The molecule has 4 aliphatic carbocycles. The summed E-state index contributed by atoms with van der Waals surface area (Å²) in [5, 5.41) is 20.6. The van der Waals surface area contributed by atoms with Gasteiger partial charge in [0.1, 0.15) is 5.60 Å². The topological polar surface area (TPSA) is 87.1 Å². The summed E-state index contributed by atoms with van der Waals surface area (Å²) in [6, 6.07) is 0. The Morgan fingerprint density at radius 3 is 2.85 bits per heavy atom. The van der Waals surface area contributed by atoms with Crippen LogP contribution in [0.3, 0.4) is 0 Å². The van der Waals surface area contributed by atoms with Crippen molar-refractivity contribution in [3.05, 3.63) is 23.8 Å². The summed E-state index contributed by atoms with van der Waals surface area (Å²) >= 11 is 0. The minimum absolute atomic E-state index is 0.00267. The van der Waals surface area contributed by atoms with Crippen LogP contribution >= 0.6 is 0 Å². The molecule has 5 nitrogen and oxygen atoms in total. The highest BCUT2D eigenvalue weighted by atomic mass is 16.6. The molecule has 2 saturated carbocycles. The molecule has 3 fully saturated rings. The number of carbonyl (C=O) groups is 2. The standard InChI is InChI=1S/C22H28O5/c1-19-8-5-14(23)11-13(19)3-4-16-15-6-9-21(26,10-7-18(24)25)20(15,2)12-17-22(16,19)27-17/h3-4,11,15-17,26H,5-10,12H2,1-2H3,(H,24,25)/t15-,16-,17?,19-,20-,21-,22?/m0/s1. The van der Waals surface area contributed by atoms with Gasteiger partial charge in [0.2, 0.25) is 0 Å². The highest BCUT2D eigenvalue weighted by Crippen LogP contribution is 2.75. The second-order valence-electron chi connectivity index (χ2n) is 9.87. The number of carboxylic acids is 1. The second-order valence-corrected chi connectivity index (χ2v) is 9.87. The van der Waals surface area contributed by atoms with Crippen LogP contribution in [-0.4, -0.2) is 39.3 Å². The van der Waals surface area contributed by atoms with E-state index >= 15 is 0 Å². The quantitative estimate of drug-likeness (QED) is 0.744. The average molecular weight is 372 g/mol. The van der Waals surface area contributed by atoms with Crippen molar-refractivity contribution in [2.75, 3.05) is 0 Å². The van der Waals surface area contributed by atoms with E-state index in [1.165, 1.54) is 0 Å². The lowest BCUT2D eigenvalue weighted by molar-refractivity contribution is -0.142. The minimum Gasteiger partial charge on any atom is -0.481 e. The van der Waals surface area contributed by atoms with Crippen LogP contribution in [0.2, 0.25) is 0 Å². The van der Waals surface area contributed by atoms with Gasteiger partial charge in [-0.25, -0.2) is 0 Å². The van der Waals surface area contributed by atoms with E-state index in [0.29, 0.717) is 19.3 Å². The van der Waals surface area contributed by atoms with Gasteiger partial charge >= 0.3 is 5.97 Å². The number of ketones is 1. The van der Waals surface area contributed by atoms with Gasteiger partial charge in [0.25, 0.3) is 0 Å². The zero-order valence-corrected chi connectivity index (χ0v) is 16.0. The van der Waals surface area contributed by atoms with Crippen molar-refractivity contribution in [3.8, 4) is 0 Å². The SMILES string of the molecule is C[C@]12CCC(=O)C=C1C=C[C@H]1[C@@H]3CC[C@](O)(CCC(=O)O)[C@@]3(C)CC3OC312. The maximum atomic E-state index is 12.0. The summed E-state index contributed by atoms with van der Waals surface area (Å²) in [5.74, 6) is -0.156. The maximum absolute atomic E-state index is 12.0. The number of aliphatic carboxylic acids is 1. The molecule has 0 aromatic rings. The third-order valence-electron chi connectivity index (χ3n) is 8.97. The number of ether oxygens (including phenoxy) is 1. The van der Waals surface area contributed by atoms with Crippen LogP contribution in [0.4, 0.5) is 0 Å². The fourth-order valence-corrected chi connectivity index (χ4v) is 7.27. The molecule has 1 spiro atoms. The van der Waals surface area contributed by atoms with Crippen LogP contribution in [0.5, 0.6) is 0 Å². The number of carboxylic acid groups (broad SMARTS) is 1. The molecule has 1 heterocycles. The first-order valence-corrected chi connectivity index (χ1v) is 10.2. The third kappa shape index (κ3) is 1.97. The highest BCUT2D eigenvalue weighted by molar-refractivity contribution is 5.92. The Balaban J connectivity index is 1.54. The van der Waals surface area contributed by atoms with Gasteiger partial charge in [0.05, 0.1) is 11.7 Å². The lowest BCUT2D eigenvalue weighted by Gasteiger charge is -2.55. The van der Waals surface area contributed by atoms with Crippen molar-refractivity contribution in [2.45, 2.75) is 76.1 Å². The van der Waals surface area contributed by atoms with Crippen molar-refractivity contribution in [1.29, 1.82) is 0 Å². The van der Waals surface area contributed by atoms with Crippen molar-refractivity contribution in [2.24, 2.45) is 22.7 Å². The van der Waals surface area contributed by atoms with E-state index in [1.807, 2.05) is 0 Å². The second kappa shape index (κ2) is 5.12. The molecule has 5 aliphatic rings. The summed E-state index contributed by atoms with van der Waals surface area (Å²) in [4.78, 5) is 23.1. The molecule has 2 N–H and O–H groups in total. The molecule has 5 heteroatoms. The predicted molar refractivity (Wildman–Crippen MR) is 97.9 cm³/mol. The van der Waals surface area contributed by atoms with Crippen LogP contribution in [0, 0.1) is 22.7 Å². The normalized spacial score (nSPS) is 52.3. The van der Waals surface area contributed by atoms with Crippen molar-refractivity contribution < 1.29 is 24.5 Å². The van der Waals surface area contributed by atoms with Gasteiger partial charge in [-0.2, -0.15) is 0 Å². The van der Waals surface area contributed by atoms with Crippen LogP contribution < -0.4 is 0 Å². The van der Waals surface area contributed by atoms with Crippen molar-refractivity contribution in [1.82, 2.24) is 0 Å². The van der Waals surface area contributed by atoms with E-state index in [2.05, 4.69) is 26.0 Å². The van der Waals surface area contributed by atoms with Crippen LogP contribution in [0.15, 0.2) is 23.8 Å². The monoisotopic (exact) mass is 372 g/mol. The fourth-order valence-electron chi connectivity index (χ4n) is 7.27. The molecule has 0 bridgehead atoms. The Bertz CT molecular complexity index is 799. The van der Waals surface area contributed by atoms with Gasteiger partial charge in [0.15, 0.2) is 5.78 Å². The number of hydrogen-bond donors (Lipinski definition) is 2. The molecule has 5 rings (SSSR count). The van der Waals surface area contributed by atoms with Gasteiger partial charge in [-0.05, 0) is 49.7 Å². The van der Waals surface area contributed by atoms with Crippen molar-refractivity contribution in [3.63, 3.8) is 0 Å². The number of hydrogen-bond acceptors (Lipinski definition) is 4. The molecule has 7 atom stereocenters. The van der Waals surface area contributed by atoms with Gasteiger partial charge < -0.3 is 14.9 Å². The number of epoxide rings is 1. The van der Waals surface area contributed by atoms with Crippen LogP contribution in [0.25, 0.3) is 0 Å². The molecule has 0 aromatic carbocycles. The summed E-state index contributed by atoms with van der Waals surface area (Å²) in [7, 11) is 0. The smallest absolute Gasteiger partial charge is 0.303 e. The molecule has 0 aromatic heterocycles. The number of rotatable bonds is 3. The number of fused-ring (bicyclic) bond motifs is 3. The minimum atomic E-state index is -0.943. The number of carbonyl (C=O) groups excluding carboxylic acids is 1. The van der Waals surface area contributed by atoms with Gasteiger partial charge in [-0.1, -0.05) is 26.0 Å². The third-order valence-corrected chi connectivity index (χ3v) is 8.97. The maximum Gasteiger partial charge on any atom is 0.303 e. The molecule has 0 radical (unpaired) electrons. The first kappa shape index (κ1) is 17.6. The molecule has 146 valence electrons. The van der Waals surface area contributed by atoms with E-state index in [-0.39, 0.29) is 46.6 Å². The zero-order chi connectivity index (χ0) is 19.2. The molecule has 0 amide bonds. The Morgan fingerprint density at radius 1 is 1.33 bits per heavy atom. The predicted octanol–water partition coefficient (Wildman–Crippen LogP) is 3.02. The largest absolute Gasteiger partial charge is 0.481 e. The summed E-state index contributed by atoms with van der Waals surface area (Å²) in [6.45, 7) is 4.39. The summed E-state index contributed by atoms with van der Waals surface area (Å²) in [5.41, 5.74) is -0.573. The average Bonchev–Trinajstić information content (AvgIpc) is 3.26. The van der Waals surface area contributed by atoms with E-state index in [1.54, 1.807) is 6.08 Å². The van der Waals surface area contributed by atoms with Crippen LogP contribution in [0.1, 0.15) is 58.8 Å². The van der Waals surface area contributed by atoms with Crippen molar-refractivity contribution >= 4 is 11.8 Å². The lowest BCUT2D eigenvalue weighted by atomic mass is 9.47. The number of allylic oxidation sites excluding steroid dienone is 2. The molecule has 1 saturated heterocycles. The highest BCUT2D eigenvalue weighted by Gasteiger charge is 2.79. The Labute approximate surface area is 159 Å². The van der Waals surface area contributed by atoms with E-state index < -0.39 is 11.6 Å². The molecular weight excluding hydrogens is 344 g/mol. The zero-order valence-electron chi connectivity index (χ0n) is 16.0. The molecule has 1 aliphatic heterocycles. The van der Waals surface area contributed by atoms with E-state index in [4.69, 9.17) is 9.84 Å².